The molecule has 5 rings (SSSR count). The summed E-state index contributed by atoms with van der Waals surface area (Å²) in [5, 5.41) is 8.43. The second kappa shape index (κ2) is 12.7. The van der Waals surface area contributed by atoms with Gasteiger partial charge in [-0.15, -0.1) is 0 Å². The van der Waals surface area contributed by atoms with Crippen molar-refractivity contribution in [2.75, 3.05) is 20.8 Å². The number of methoxy groups -OCH3 is 2. The van der Waals surface area contributed by atoms with Gasteiger partial charge in [-0.1, -0.05) is 24.3 Å². The summed E-state index contributed by atoms with van der Waals surface area (Å²) in [7, 11) is 3.22. The molecular weight excluding hydrogens is 526 g/mol. The Balaban J connectivity index is 1.42. The predicted octanol–water partition coefficient (Wildman–Crippen LogP) is 5.79. The largest absolute Gasteiger partial charge is 0.481 e. The first-order valence-corrected chi connectivity index (χ1v) is 13.7. The Bertz CT molecular complexity index is 1490. The molecule has 3 heterocycles. The average Bonchev–Trinajstić information content (AvgIpc) is 3.54. The Labute approximate surface area is 238 Å². The molecule has 9 heteroatoms. The lowest BCUT2D eigenvalue weighted by molar-refractivity contribution is -0.119. The number of carbonyl (C=O) groups is 1. The van der Waals surface area contributed by atoms with Crippen molar-refractivity contribution in [1.29, 1.82) is 0 Å². The zero-order chi connectivity index (χ0) is 28.9. The van der Waals surface area contributed by atoms with Crippen molar-refractivity contribution >= 4 is 5.78 Å². The van der Waals surface area contributed by atoms with Crippen LogP contribution < -0.4 is 10.1 Å². The zero-order valence-corrected chi connectivity index (χ0v) is 23.4. The van der Waals surface area contributed by atoms with Crippen LogP contribution in [0.25, 0.3) is 16.9 Å². The molecule has 1 aliphatic heterocycles. The number of ketones is 1. The first-order chi connectivity index (χ1) is 19.9. The predicted molar refractivity (Wildman–Crippen MR) is 152 cm³/mol. The van der Waals surface area contributed by atoms with Gasteiger partial charge in [0, 0.05) is 56.5 Å². The van der Waals surface area contributed by atoms with Crippen LogP contribution in [0.4, 0.5) is 8.78 Å². The van der Waals surface area contributed by atoms with Crippen LogP contribution in [0.15, 0.2) is 66.9 Å². The Morgan fingerprint density at radius 1 is 1.07 bits per heavy atom. The third-order valence-electron chi connectivity index (χ3n) is 7.77. The topological polar surface area (TPSA) is 78.3 Å². The normalized spacial score (nSPS) is 18.5. The summed E-state index contributed by atoms with van der Waals surface area (Å²) in [4.78, 5) is 18.0. The average molecular weight is 561 g/mol. The summed E-state index contributed by atoms with van der Waals surface area (Å²) >= 11 is 0. The van der Waals surface area contributed by atoms with Crippen LogP contribution in [-0.2, 0) is 16.0 Å². The van der Waals surface area contributed by atoms with Gasteiger partial charge in [-0.2, -0.15) is 5.10 Å². The second-order valence-electron chi connectivity index (χ2n) is 10.5. The van der Waals surface area contributed by atoms with Crippen molar-refractivity contribution in [3.05, 3.63) is 95.3 Å². The minimum Gasteiger partial charge on any atom is -0.481 e. The number of rotatable bonds is 11. The van der Waals surface area contributed by atoms with E-state index in [9.17, 15) is 13.6 Å². The van der Waals surface area contributed by atoms with Crippen LogP contribution in [0.1, 0.15) is 42.1 Å². The van der Waals surface area contributed by atoms with Gasteiger partial charge in [0.15, 0.2) is 11.6 Å². The summed E-state index contributed by atoms with van der Waals surface area (Å²) in [6.07, 6.45) is 3.69. The first-order valence-electron chi connectivity index (χ1n) is 13.7. The highest BCUT2D eigenvalue weighted by Gasteiger charge is 2.36. The van der Waals surface area contributed by atoms with Crippen molar-refractivity contribution in [2.24, 2.45) is 5.92 Å². The van der Waals surface area contributed by atoms with Gasteiger partial charge in [0.1, 0.15) is 5.78 Å². The summed E-state index contributed by atoms with van der Waals surface area (Å²) in [5.74, 6) is -1.29. The van der Waals surface area contributed by atoms with E-state index in [1.165, 1.54) is 6.07 Å². The fourth-order valence-corrected chi connectivity index (χ4v) is 5.68. The molecule has 41 heavy (non-hydrogen) atoms. The van der Waals surface area contributed by atoms with Crippen LogP contribution in [0.5, 0.6) is 5.88 Å². The lowest BCUT2D eigenvalue weighted by Gasteiger charge is -2.20. The van der Waals surface area contributed by atoms with E-state index >= 15 is 0 Å². The lowest BCUT2D eigenvalue weighted by atomic mass is 9.87. The number of para-hydroxylation sites is 1. The van der Waals surface area contributed by atoms with E-state index in [0.717, 1.165) is 47.1 Å². The molecule has 0 unspecified atom stereocenters. The van der Waals surface area contributed by atoms with Gasteiger partial charge in [0.2, 0.25) is 5.88 Å². The van der Waals surface area contributed by atoms with E-state index in [0.29, 0.717) is 24.5 Å². The Morgan fingerprint density at radius 3 is 2.56 bits per heavy atom. The van der Waals surface area contributed by atoms with Crippen molar-refractivity contribution < 1.29 is 23.0 Å². The van der Waals surface area contributed by atoms with Gasteiger partial charge in [0.25, 0.3) is 0 Å². The van der Waals surface area contributed by atoms with Gasteiger partial charge >= 0.3 is 0 Å². The number of halogens is 2. The van der Waals surface area contributed by atoms with Gasteiger partial charge in [-0.25, -0.2) is 18.4 Å². The van der Waals surface area contributed by atoms with Crippen LogP contribution in [0.2, 0.25) is 0 Å². The third kappa shape index (κ3) is 6.36. The highest BCUT2D eigenvalue weighted by atomic mass is 19.2. The van der Waals surface area contributed by atoms with E-state index in [2.05, 4.69) is 10.3 Å². The zero-order valence-electron chi connectivity index (χ0n) is 23.4. The number of nitrogens with one attached hydrogen (secondary N) is 1. The number of ether oxygens (including phenoxy) is 2. The minimum absolute atomic E-state index is 0.0522. The summed E-state index contributed by atoms with van der Waals surface area (Å²) < 4.78 is 40.1. The molecule has 0 aliphatic carbocycles. The molecule has 0 radical (unpaired) electrons. The molecule has 0 spiro atoms. The number of aromatic nitrogens is 3. The third-order valence-corrected chi connectivity index (χ3v) is 7.77. The van der Waals surface area contributed by atoms with Crippen LogP contribution >= 0.6 is 0 Å². The SMILES string of the molecule is COCC[C@@H]1C[C@@H](CC(=O)Cc2c(C)c(-c3ccc(OC)nc3)nn2-c2ccccc2)[C@H](c2ccc(F)c(F)c2)N1. The maximum absolute atomic E-state index is 14.1. The highest BCUT2D eigenvalue weighted by molar-refractivity contribution is 5.82. The molecule has 4 aromatic rings. The maximum atomic E-state index is 14.1. The molecule has 1 N–H and O–H groups in total. The number of hydrogen-bond acceptors (Lipinski definition) is 6. The molecule has 0 bridgehead atoms. The van der Waals surface area contributed by atoms with E-state index in [-0.39, 0.29) is 30.2 Å². The quantitative estimate of drug-likeness (QED) is 0.250. The molecule has 1 fully saturated rings. The first kappa shape index (κ1) is 28.6. The number of hydrogen-bond donors (Lipinski definition) is 1. The number of Topliss-reactive ketones (excluding diaryl/α,β-unsaturated/α-hetero) is 1. The minimum atomic E-state index is -0.891. The molecular formula is C32H34F2N4O3. The Kier molecular flexibility index (Phi) is 8.85. The number of benzene rings is 2. The monoisotopic (exact) mass is 560 g/mol. The van der Waals surface area contributed by atoms with E-state index in [4.69, 9.17) is 14.6 Å². The van der Waals surface area contributed by atoms with Crippen LogP contribution in [0, 0.1) is 24.5 Å². The molecule has 2 aromatic carbocycles. The summed E-state index contributed by atoms with van der Waals surface area (Å²) in [6, 6.07) is 17.2. The lowest BCUT2D eigenvalue weighted by Crippen LogP contribution is -2.26. The fourth-order valence-electron chi connectivity index (χ4n) is 5.68. The van der Waals surface area contributed by atoms with Crippen molar-refractivity contribution in [2.45, 2.75) is 44.7 Å². The molecule has 1 aliphatic rings. The highest BCUT2D eigenvalue weighted by Crippen LogP contribution is 2.37. The summed E-state index contributed by atoms with van der Waals surface area (Å²) in [6.45, 7) is 2.54. The second-order valence-corrected chi connectivity index (χ2v) is 10.5. The number of nitrogens with zero attached hydrogens (tertiary/aromatic N) is 3. The Hall–Kier alpha value is -3.95. The number of carbonyl (C=O) groups excluding carboxylic acids is 1. The van der Waals surface area contributed by atoms with E-state index in [1.54, 1.807) is 32.5 Å². The molecule has 0 saturated carbocycles. The van der Waals surface area contributed by atoms with Gasteiger partial charge in [0.05, 0.1) is 24.2 Å². The van der Waals surface area contributed by atoms with E-state index in [1.807, 2.05) is 48.0 Å². The molecule has 3 atom stereocenters. The smallest absolute Gasteiger partial charge is 0.212 e. The molecule has 1 saturated heterocycles. The van der Waals surface area contributed by atoms with Crippen LogP contribution in [0.3, 0.4) is 0 Å². The van der Waals surface area contributed by atoms with Crippen LogP contribution in [-0.4, -0.2) is 47.4 Å². The van der Waals surface area contributed by atoms with Gasteiger partial charge in [-0.3, -0.25) is 4.79 Å². The van der Waals surface area contributed by atoms with Gasteiger partial charge < -0.3 is 14.8 Å². The van der Waals surface area contributed by atoms with Crippen molar-refractivity contribution in [3.63, 3.8) is 0 Å². The standard InChI is InChI=1S/C32H34F2N4O3/c1-20-29(38(25-7-5-4-6-8-25)37-31(20)22-10-12-30(41-3)35-19-22)18-26(39)16-23-15-24(13-14-40-2)36-32(23)21-9-11-27(33)28(34)17-21/h4-12,17,19,23-24,32,36H,13-16,18H2,1-3H3/t23-,24+,32-/m0/s1. The summed E-state index contributed by atoms with van der Waals surface area (Å²) in [5.41, 5.74) is 4.76. The number of pyridine rings is 1. The van der Waals surface area contributed by atoms with Crippen molar-refractivity contribution in [3.8, 4) is 22.8 Å². The fraction of sp³-hybridized carbons (Fsp3) is 0.344. The molecule has 2 aromatic heterocycles. The molecule has 214 valence electrons. The molecule has 7 nitrogen and oxygen atoms in total. The van der Waals surface area contributed by atoms with Crippen molar-refractivity contribution in [1.82, 2.24) is 20.1 Å². The Morgan fingerprint density at radius 2 is 1.88 bits per heavy atom. The molecule has 0 amide bonds. The van der Waals surface area contributed by atoms with E-state index < -0.39 is 11.6 Å². The van der Waals surface area contributed by atoms with Gasteiger partial charge in [-0.05, 0) is 67.1 Å². The maximum Gasteiger partial charge on any atom is 0.212 e.